The number of halogens is 4. The Bertz CT molecular complexity index is 1220. The van der Waals surface area contributed by atoms with E-state index in [9.17, 15) is 22.8 Å². The standard InChI is InChI=1S/C26H22ClF3N2O2/c1-15-5-3-6-16(2)23(15)31-25(34)24(17-9-11-20(27)12-10-17)32-21(14-22(32)33)18-7-4-8-19(13-18)26(28,29)30/h3-13,21,24H,14H2,1-2H3,(H,31,34). The number of para-hydroxylation sites is 1. The number of carbonyl (C=O) groups is 2. The molecule has 1 N–H and O–H groups in total. The number of hydrogen-bond donors (Lipinski definition) is 1. The van der Waals surface area contributed by atoms with Gasteiger partial charge in [0.2, 0.25) is 5.91 Å². The summed E-state index contributed by atoms with van der Waals surface area (Å²) in [6.07, 6.45) is -4.49. The van der Waals surface area contributed by atoms with Gasteiger partial charge < -0.3 is 10.2 Å². The summed E-state index contributed by atoms with van der Waals surface area (Å²) in [5.41, 5.74) is 2.38. The molecule has 0 radical (unpaired) electrons. The Morgan fingerprint density at radius 1 is 1.03 bits per heavy atom. The van der Waals surface area contributed by atoms with Crippen LogP contribution >= 0.6 is 11.6 Å². The van der Waals surface area contributed by atoms with E-state index >= 15 is 0 Å². The summed E-state index contributed by atoms with van der Waals surface area (Å²) in [5.74, 6) is -0.774. The van der Waals surface area contributed by atoms with E-state index in [1.807, 2.05) is 32.0 Å². The second-order valence-corrected chi connectivity index (χ2v) is 8.79. The van der Waals surface area contributed by atoms with Gasteiger partial charge in [0.25, 0.3) is 5.91 Å². The van der Waals surface area contributed by atoms with E-state index in [0.29, 0.717) is 21.8 Å². The number of benzene rings is 3. The summed E-state index contributed by atoms with van der Waals surface area (Å²) in [6, 6.07) is 15.3. The first-order chi connectivity index (χ1) is 16.1. The number of carbonyl (C=O) groups excluding carboxylic acids is 2. The molecular formula is C26H22ClF3N2O2. The van der Waals surface area contributed by atoms with Crippen molar-refractivity contribution in [1.29, 1.82) is 0 Å². The van der Waals surface area contributed by atoms with Crippen LogP contribution in [0, 0.1) is 13.8 Å². The first-order valence-corrected chi connectivity index (χ1v) is 11.0. The number of anilines is 1. The third-order valence-corrected chi connectivity index (χ3v) is 6.28. The average Bonchev–Trinajstić information content (AvgIpc) is 2.78. The van der Waals surface area contributed by atoms with Gasteiger partial charge in [-0.2, -0.15) is 13.2 Å². The molecule has 0 aromatic heterocycles. The van der Waals surface area contributed by atoms with Gasteiger partial charge in [0, 0.05) is 10.7 Å². The minimum atomic E-state index is -4.51. The number of nitrogens with zero attached hydrogens (tertiary/aromatic N) is 1. The van der Waals surface area contributed by atoms with Crippen LogP contribution in [0.15, 0.2) is 66.7 Å². The highest BCUT2D eigenvalue weighted by atomic mass is 35.5. The maximum Gasteiger partial charge on any atom is 0.416 e. The molecule has 0 aliphatic carbocycles. The van der Waals surface area contributed by atoms with Crippen LogP contribution in [0.5, 0.6) is 0 Å². The Morgan fingerprint density at radius 3 is 2.24 bits per heavy atom. The van der Waals surface area contributed by atoms with Crippen molar-refractivity contribution in [1.82, 2.24) is 4.90 Å². The predicted octanol–water partition coefficient (Wildman–Crippen LogP) is 6.63. The summed E-state index contributed by atoms with van der Waals surface area (Å²) in [5, 5.41) is 3.38. The van der Waals surface area contributed by atoms with Gasteiger partial charge in [-0.05, 0) is 60.4 Å². The smallest absolute Gasteiger partial charge is 0.323 e. The van der Waals surface area contributed by atoms with Crippen molar-refractivity contribution in [2.24, 2.45) is 0 Å². The molecule has 1 saturated heterocycles. The number of hydrogen-bond acceptors (Lipinski definition) is 2. The van der Waals surface area contributed by atoms with Crippen LogP contribution in [0.25, 0.3) is 0 Å². The van der Waals surface area contributed by atoms with E-state index in [0.717, 1.165) is 23.3 Å². The van der Waals surface area contributed by atoms with Crippen LogP contribution in [0.1, 0.15) is 46.3 Å². The Morgan fingerprint density at radius 2 is 1.65 bits per heavy atom. The number of rotatable bonds is 5. The first kappa shape index (κ1) is 23.8. The normalized spacial score (nSPS) is 16.7. The van der Waals surface area contributed by atoms with Crippen molar-refractivity contribution >= 4 is 29.1 Å². The second kappa shape index (κ2) is 9.14. The summed E-state index contributed by atoms with van der Waals surface area (Å²) < 4.78 is 39.8. The predicted molar refractivity (Wildman–Crippen MR) is 124 cm³/mol. The molecule has 1 aliphatic heterocycles. The van der Waals surface area contributed by atoms with Gasteiger partial charge in [-0.25, -0.2) is 0 Å². The Balaban J connectivity index is 1.73. The van der Waals surface area contributed by atoms with E-state index in [4.69, 9.17) is 11.6 Å². The number of β-lactam (4-membered cyclic amide) rings is 1. The molecule has 2 amide bonds. The molecule has 3 aromatic rings. The van der Waals surface area contributed by atoms with Gasteiger partial charge in [-0.3, -0.25) is 9.59 Å². The number of amides is 2. The van der Waals surface area contributed by atoms with Crippen molar-refractivity contribution in [2.45, 2.75) is 38.5 Å². The zero-order valence-electron chi connectivity index (χ0n) is 18.5. The van der Waals surface area contributed by atoms with Gasteiger partial charge >= 0.3 is 6.18 Å². The van der Waals surface area contributed by atoms with Crippen LogP contribution in [0.2, 0.25) is 5.02 Å². The monoisotopic (exact) mass is 486 g/mol. The van der Waals surface area contributed by atoms with Crippen molar-refractivity contribution in [3.05, 3.63) is 99.6 Å². The van der Waals surface area contributed by atoms with E-state index < -0.39 is 29.7 Å². The number of nitrogens with one attached hydrogen (secondary N) is 1. The maximum absolute atomic E-state index is 13.6. The van der Waals surface area contributed by atoms with Gasteiger partial charge in [-0.1, -0.05) is 54.1 Å². The van der Waals surface area contributed by atoms with Crippen molar-refractivity contribution in [3.63, 3.8) is 0 Å². The van der Waals surface area contributed by atoms with Gasteiger partial charge in [0.1, 0.15) is 6.04 Å². The Hall–Kier alpha value is -3.32. The van der Waals surface area contributed by atoms with Crippen LogP contribution in [-0.4, -0.2) is 16.7 Å². The molecular weight excluding hydrogens is 465 g/mol. The minimum absolute atomic E-state index is 0.0159. The molecule has 4 nitrogen and oxygen atoms in total. The molecule has 0 bridgehead atoms. The number of likely N-dealkylation sites (tertiary alicyclic amines) is 1. The summed E-state index contributed by atoms with van der Waals surface area (Å²) in [4.78, 5) is 27.7. The second-order valence-electron chi connectivity index (χ2n) is 8.35. The van der Waals surface area contributed by atoms with Crippen LogP contribution < -0.4 is 5.32 Å². The fourth-order valence-corrected chi connectivity index (χ4v) is 4.37. The number of alkyl halides is 3. The molecule has 1 heterocycles. The zero-order chi connectivity index (χ0) is 24.6. The van der Waals surface area contributed by atoms with Gasteiger partial charge in [0.15, 0.2) is 0 Å². The van der Waals surface area contributed by atoms with E-state index in [1.165, 1.54) is 11.0 Å². The molecule has 1 fully saturated rings. The topological polar surface area (TPSA) is 49.4 Å². The lowest BCUT2D eigenvalue weighted by Crippen LogP contribution is -2.51. The fraction of sp³-hybridized carbons (Fsp3) is 0.231. The third kappa shape index (κ3) is 4.66. The highest BCUT2D eigenvalue weighted by Gasteiger charge is 2.45. The summed E-state index contributed by atoms with van der Waals surface area (Å²) >= 11 is 6.02. The molecule has 1 aliphatic rings. The lowest BCUT2D eigenvalue weighted by atomic mass is 9.88. The van der Waals surface area contributed by atoms with Crippen LogP contribution in [0.3, 0.4) is 0 Å². The zero-order valence-corrected chi connectivity index (χ0v) is 19.2. The van der Waals surface area contributed by atoms with Crippen LogP contribution in [-0.2, 0) is 15.8 Å². The maximum atomic E-state index is 13.6. The highest BCUT2D eigenvalue weighted by molar-refractivity contribution is 6.30. The molecule has 2 unspecified atom stereocenters. The van der Waals surface area contributed by atoms with Gasteiger partial charge in [0.05, 0.1) is 18.0 Å². The first-order valence-electron chi connectivity index (χ1n) is 10.7. The molecule has 4 rings (SSSR count). The van der Waals surface area contributed by atoms with Crippen LogP contribution in [0.4, 0.5) is 18.9 Å². The minimum Gasteiger partial charge on any atom is -0.323 e. The SMILES string of the molecule is Cc1cccc(C)c1NC(=O)C(c1ccc(Cl)cc1)N1C(=O)CC1c1cccc(C(F)(F)F)c1. The average molecular weight is 487 g/mol. The molecule has 8 heteroatoms. The molecule has 2 atom stereocenters. The van der Waals surface area contributed by atoms with Crippen molar-refractivity contribution in [3.8, 4) is 0 Å². The summed E-state index contributed by atoms with van der Waals surface area (Å²) in [6.45, 7) is 3.72. The lowest BCUT2D eigenvalue weighted by molar-refractivity contribution is -0.154. The fourth-order valence-electron chi connectivity index (χ4n) is 4.24. The van der Waals surface area contributed by atoms with Gasteiger partial charge in [-0.15, -0.1) is 0 Å². The largest absolute Gasteiger partial charge is 0.416 e. The Labute approximate surface area is 200 Å². The molecule has 3 aromatic carbocycles. The van der Waals surface area contributed by atoms with Crippen molar-refractivity contribution in [2.75, 3.05) is 5.32 Å². The van der Waals surface area contributed by atoms with E-state index in [-0.39, 0.29) is 12.3 Å². The lowest BCUT2D eigenvalue weighted by Gasteiger charge is -2.45. The third-order valence-electron chi connectivity index (χ3n) is 6.03. The van der Waals surface area contributed by atoms with E-state index in [2.05, 4.69) is 5.32 Å². The quantitative estimate of drug-likeness (QED) is 0.411. The Kier molecular flexibility index (Phi) is 6.41. The molecule has 0 spiro atoms. The van der Waals surface area contributed by atoms with Crippen molar-refractivity contribution < 1.29 is 22.8 Å². The molecule has 0 saturated carbocycles. The summed E-state index contributed by atoms with van der Waals surface area (Å²) in [7, 11) is 0. The number of aryl methyl sites for hydroxylation is 2. The molecule has 34 heavy (non-hydrogen) atoms. The highest BCUT2D eigenvalue weighted by Crippen LogP contribution is 2.43. The molecule has 176 valence electrons. The van der Waals surface area contributed by atoms with E-state index in [1.54, 1.807) is 30.3 Å².